The number of rotatable bonds is 5. The van der Waals surface area contributed by atoms with Gasteiger partial charge in [-0.3, -0.25) is 4.90 Å². The fourth-order valence-electron chi connectivity index (χ4n) is 3.13. The second kappa shape index (κ2) is 7.96. The molecular weight excluding hydrogens is 370 g/mol. The smallest absolute Gasteiger partial charge is 0.242 e. The molecule has 1 fully saturated rings. The molecule has 0 aliphatic carbocycles. The zero-order valence-corrected chi connectivity index (χ0v) is 16.7. The van der Waals surface area contributed by atoms with Crippen LogP contribution in [0, 0.1) is 0 Å². The number of para-hydroxylation sites is 1. The zero-order valence-electron chi connectivity index (χ0n) is 15.1. The number of piperazine rings is 1. The third-order valence-electron chi connectivity index (χ3n) is 4.65. The van der Waals surface area contributed by atoms with Crippen LogP contribution in [0.2, 0.25) is 5.02 Å². The lowest BCUT2D eigenvalue weighted by atomic mass is 10.2. The van der Waals surface area contributed by atoms with Crippen LogP contribution in [-0.2, 0) is 16.6 Å². The summed E-state index contributed by atoms with van der Waals surface area (Å²) >= 11 is 6.29. The monoisotopic (exact) mass is 393 g/mol. The molecule has 0 amide bonds. The van der Waals surface area contributed by atoms with Gasteiger partial charge in [-0.15, -0.1) is 0 Å². The minimum Gasteiger partial charge on any atom is -0.368 e. The molecule has 2 aromatic rings. The van der Waals surface area contributed by atoms with Crippen LogP contribution in [0.1, 0.15) is 5.56 Å². The summed E-state index contributed by atoms with van der Waals surface area (Å²) in [6, 6.07) is 15.1. The molecule has 0 bridgehead atoms. The van der Waals surface area contributed by atoms with E-state index in [-0.39, 0.29) is 0 Å². The zero-order chi connectivity index (χ0) is 18.7. The Labute approximate surface area is 160 Å². The molecule has 0 unspecified atom stereocenters. The highest BCUT2D eigenvalue weighted by Crippen LogP contribution is 2.26. The van der Waals surface area contributed by atoms with Gasteiger partial charge in [0.2, 0.25) is 10.0 Å². The van der Waals surface area contributed by atoms with E-state index in [0.717, 1.165) is 49.0 Å². The predicted octanol–water partition coefficient (Wildman–Crippen LogP) is 2.91. The third kappa shape index (κ3) is 4.20. The molecule has 3 rings (SSSR count). The Bertz CT molecular complexity index is 863. The van der Waals surface area contributed by atoms with Gasteiger partial charge >= 0.3 is 0 Å². The highest BCUT2D eigenvalue weighted by atomic mass is 35.5. The molecule has 0 aromatic heterocycles. The van der Waals surface area contributed by atoms with Crippen LogP contribution < -0.4 is 4.90 Å². The van der Waals surface area contributed by atoms with Gasteiger partial charge < -0.3 is 4.90 Å². The van der Waals surface area contributed by atoms with Crippen LogP contribution in [0.3, 0.4) is 0 Å². The first-order valence-electron chi connectivity index (χ1n) is 8.61. The molecule has 2 aromatic carbocycles. The van der Waals surface area contributed by atoms with Crippen molar-refractivity contribution in [1.82, 2.24) is 9.21 Å². The number of nitrogens with zero attached hydrogens (tertiary/aromatic N) is 3. The summed E-state index contributed by atoms with van der Waals surface area (Å²) in [6.07, 6.45) is 0. The van der Waals surface area contributed by atoms with Crippen LogP contribution in [0.15, 0.2) is 53.4 Å². The van der Waals surface area contributed by atoms with Gasteiger partial charge in [-0.2, -0.15) is 0 Å². The largest absolute Gasteiger partial charge is 0.368 e. The van der Waals surface area contributed by atoms with E-state index in [4.69, 9.17) is 11.6 Å². The molecule has 7 heteroatoms. The lowest BCUT2D eigenvalue weighted by Crippen LogP contribution is -2.46. The van der Waals surface area contributed by atoms with Crippen molar-refractivity contribution in [2.24, 2.45) is 0 Å². The first-order chi connectivity index (χ1) is 12.4. The summed E-state index contributed by atoms with van der Waals surface area (Å²) < 4.78 is 25.8. The molecule has 1 aliphatic rings. The van der Waals surface area contributed by atoms with Crippen molar-refractivity contribution in [1.29, 1.82) is 0 Å². The summed E-state index contributed by atoms with van der Waals surface area (Å²) in [6.45, 7) is 4.37. The van der Waals surface area contributed by atoms with E-state index < -0.39 is 10.0 Å². The topological polar surface area (TPSA) is 43.9 Å². The Morgan fingerprint density at radius 2 is 1.69 bits per heavy atom. The molecule has 0 N–H and O–H groups in total. The SMILES string of the molecule is CN(C)S(=O)(=O)c1cccc(CN2CCN(c3ccccc3Cl)CC2)c1. The van der Waals surface area contributed by atoms with Crippen molar-refractivity contribution in [3.8, 4) is 0 Å². The van der Waals surface area contributed by atoms with Crippen molar-refractivity contribution in [2.75, 3.05) is 45.2 Å². The summed E-state index contributed by atoms with van der Waals surface area (Å²) in [5.74, 6) is 0. The lowest BCUT2D eigenvalue weighted by molar-refractivity contribution is 0.249. The maximum absolute atomic E-state index is 12.3. The van der Waals surface area contributed by atoms with E-state index >= 15 is 0 Å². The van der Waals surface area contributed by atoms with Gasteiger partial charge in [0, 0.05) is 46.8 Å². The van der Waals surface area contributed by atoms with Gasteiger partial charge in [-0.05, 0) is 29.8 Å². The molecule has 26 heavy (non-hydrogen) atoms. The van der Waals surface area contributed by atoms with Crippen molar-refractivity contribution in [3.05, 3.63) is 59.1 Å². The van der Waals surface area contributed by atoms with Crippen LogP contribution in [0.25, 0.3) is 0 Å². The Morgan fingerprint density at radius 3 is 2.35 bits per heavy atom. The molecular formula is C19H24ClN3O2S. The van der Waals surface area contributed by atoms with Gasteiger partial charge in [0.25, 0.3) is 0 Å². The quantitative estimate of drug-likeness (QED) is 0.783. The van der Waals surface area contributed by atoms with Gasteiger partial charge in [0.1, 0.15) is 0 Å². The van der Waals surface area contributed by atoms with Crippen molar-refractivity contribution >= 4 is 27.3 Å². The molecule has 1 saturated heterocycles. The van der Waals surface area contributed by atoms with Crippen LogP contribution in [0.4, 0.5) is 5.69 Å². The van der Waals surface area contributed by atoms with Crippen molar-refractivity contribution in [3.63, 3.8) is 0 Å². The maximum Gasteiger partial charge on any atom is 0.242 e. The predicted molar refractivity (Wildman–Crippen MR) is 106 cm³/mol. The Kier molecular flexibility index (Phi) is 5.87. The van der Waals surface area contributed by atoms with E-state index in [0.29, 0.717) is 4.90 Å². The van der Waals surface area contributed by atoms with Gasteiger partial charge in [0.15, 0.2) is 0 Å². The molecule has 0 radical (unpaired) electrons. The third-order valence-corrected chi connectivity index (χ3v) is 6.78. The second-order valence-corrected chi connectivity index (χ2v) is 9.21. The number of halogens is 1. The number of benzene rings is 2. The van der Waals surface area contributed by atoms with Crippen molar-refractivity contribution in [2.45, 2.75) is 11.4 Å². The average Bonchev–Trinajstić information content (AvgIpc) is 2.63. The minimum absolute atomic E-state index is 0.342. The van der Waals surface area contributed by atoms with E-state index in [9.17, 15) is 8.42 Å². The van der Waals surface area contributed by atoms with Gasteiger partial charge in [0.05, 0.1) is 15.6 Å². The minimum atomic E-state index is -3.40. The highest BCUT2D eigenvalue weighted by molar-refractivity contribution is 7.89. The van der Waals surface area contributed by atoms with E-state index in [1.807, 2.05) is 36.4 Å². The molecule has 140 valence electrons. The standard InChI is InChI=1S/C19H24ClN3O2S/c1-21(2)26(24,25)17-7-5-6-16(14-17)15-22-10-12-23(13-11-22)19-9-4-3-8-18(19)20/h3-9,14H,10-13,15H2,1-2H3. The van der Waals surface area contributed by atoms with Crippen LogP contribution in [-0.4, -0.2) is 57.9 Å². The summed E-state index contributed by atoms with van der Waals surface area (Å²) in [4.78, 5) is 4.98. The number of anilines is 1. The molecule has 1 aliphatic heterocycles. The normalized spacial score (nSPS) is 16.2. The Balaban J connectivity index is 1.64. The van der Waals surface area contributed by atoms with Crippen LogP contribution in [0.5, 0.6) is 0 Å². The maximum atomic E-state index is 12.3. The molecule has 0 atom stereocenters. The molecule has 5 nitrogen and oxygen atoms in total. The number of hydrogen-bond acceptors (Lipinski definition) is 4. The summed E-state index contributed by atoms with van der Waals surface area (Å²) in [7, 11) is -0.295. The summed E-state index contributed by atoms with van der Waals surface area (Å²) in [5.41, 5.74) is 2.09. The fourth-order valence-corrected chi connectivity index (χ4v) is 4.36. The number of sulfonamides is 1. The first-order valence-corrected chi connectivity index (χ1v) is 10.4. The first kappa shape index (κ1) is 19.2. The average molecular weight is 394 g/mol. The van der Waals surface area contributed by atoms with E-state index in [2.05, 4.69) is 9.80 Å². The second-order valence-electron chi connectivity index (χ2n) is 6.65. The van der Waals surface area contributed by atoms with E-state index in [1.165, 1.54) is 4.31 Å². The van der Waals surface area contributed by atoms with Gasteiger partial charge in [-0.1, -0.05) is 35.9 Å². The van der Waals surface area contributed by atoms with Crippen molar-refractivity contribution < 1.29 is 8.42 Å². The Morgan fingerprint density at radius 1 is 1.00 bits per heavy atom. The summed E-state index contributed by atoms with van der Waals surface area (Å²) in [5, 5.41) is 0.780. The molecule has 1 heterocycles. The Hall–Kier alpha value is -1.60. The number of hydrogen-bond donors (Lipinski definition) is 0. The lowest BCUT2D eigenvalue weighted by Gasteiger charge is -2.36. The van der Waals surface area contributed by atoms with Gasteiger partial charge in [-0.25, -0.2) is 12.7 Å². The fraction of sp³-hybridized carbons (Fsp3) is 0.368. The molecule has 0 saturated carbocycles. The molecule has 0 spiro atoms. The van der Waals surface area contributed by atoms with E-state index in [1.54, 1.807) is 26.2 Å². The van der Waals surface area contributed by atoms with Crippen LogP contribution >= 0.6 is 11.6 Å². The highest BCUT2D eigenvalue weighted by Gasteiger charge is 2.20.